The van der Waals surface area contributed by atoms with Gasteiger partial charge in [-0.25, -0.2) is 18.6 Å². The second-order valence-corrected chi connectivity index (χ2v) is 8.86. The van der Waals surface area contributed by atoms with E-state index in [1.165, 1.54) is 22.8 Å². The molecule has 2 aromatic heterocycles. The molecule has 4 aromatic rings. The summed E-state index contributed by atoms with van der Waals surface area (Å²) in [6, 6.07) is 6.55. The number of carbonyl (C=O) groups excluding carboxylic acids is 1. The third-order valence-electron chi connectivity index (χ3n) is 6.02. The van der Waals surface area contributed by atoms with E-state index in [-0.39, 0.29) is 39.7 Å². The summed E-state index contributed by atoms with van der Waals surface area (Å²) >= 11 is 6.68. The average molecular weight is 496 g/mol. The summed E-state index contributed by atoms with van der Waals surface area (Å²) in [6.07, 6.45) is 3.27. The number of imidazole rings is 1. The van der Waals surface area contributed by atoms with Crippen LogP contribution in [0, 0.1) is 18.2 Å². The fourth-order valence-corrected chi connectivity index (χ4v) is 4.65. The molecule has 1 atom stereocenters. The number of aromatic nitrogens is 4. The van der Waals surface area contributed by atoms with Crippen molar-refractivity contribution in [3.63, 3.8) is 0 Å². The Bertz CT molecular complexity index is 1520. The standard InChI is InChI=1S/C24H20ClF2N7O/c1-29-18-6-5-13(8-16(18)26)23-30-21(24(35)33-7-3-4-15(28)12-33)22(25)34(23)20-9-14-11-32(2)31-19(14)10-17(20)27/h5-6,8-11,15H,3-4,7,12,28H2,2H3/t15-/m1/s1. The Balaban J connectivity index is 1.72. The Morgan fingerprint density at radius 3 is 2.77 bits per heavy atom. The second-order valence-electron chi connectivity index (χ2n) is 8.51. The molecule has 1 aliphatic heterocycles. The highest BCUT2D eigenvalue weighted by molar-refractivity contribution is 6.33. The van der Waals surface area contributed by atoms with Crippen LogP contribution in [0.25, 0.3) is 32.8 Å². The maximum absolute atomic E-state index is 15.3. The number of benzene rings is 2. The second kappa shape index (κ2) is 8.76. The van der Waals surface area contributed by atoms with Gasteiger partial charge in [0.1, 0.15) is 22.6 Å². The molecule has 0 spiro atoms. The summed E-state index contributed by atoms with van der Waals surface area (Å²) in [5.74, 6) is -1.78. The molecule has 1 amide bonds. The fraction of sp³-hybridized carbons (Fsp3) is 0.250. The van der Waals surface area contributed by atoms with Crippen molar-refractivity contribution < 1.29 is 13.6 Å². The van der Waals surface area contributed by atoms with Crippen LogP contribution in [0.15, 0.2) is 36.5 Å². The number of aryl methyl sites for hydroxylation is 1. The Morgan fingerprint density at radius 2 is 2.06 bits per heavy atom. The lowest BCUT2D eigenvalue weighted by atomic mass is 10.1. The van der Waals surface area contributed by atoms with Crippen LogP contribution in [0.1, 0.15) is 23.3 Å². The van der Waals surface area contributed by atoms with E-state index in [1.54, 1.807) is 28.9 Å². The van der Waals surface area contributed by atoms with Gasteiger partial charge in [0.15, 0.2) is 5.69 Å². The molecule has 1 saturated heterocycles. The van der Waals surface area contributed by atoms with Crippen molar-refractivity contribution in [2.75, 3.05) is 13.1 Å². The van der Waals surface area contributed by atoms with E-state index in [1.807, 2.05) is 0 Å². The van der Waals surface area contributed by atoms with E-state index < -0.39 is 17.5 Å². The monoisotopic (exact) mass is 495 g/mol. The van der Waals surface area contributed by atoms with Gasteiger partial charge in [-0.1, -0.05) is 23.7 Å². The van der Waals surface area contributed by atoms with Crippen LogP contribution in [0.3, 0.4) is 0 Å². The van der Waals surface area contributed by atoms with Gasteiger partial charge in [-0.3, -0.25) is 14.0 Å². The van der Waals surface area contributed by atoms with E-state index in [4.69, 9.17) is 23.9 Å². The first-order valence-corrected chi connectivity index (χ1v) is 11.3. The van der Waals surface area contributed by atoms with E-state index >= 15 is 4.39 Å². The zero-order valence-corrected chi connectivity index (χ0v) is 19.4. The smallest absolute Gasteiger partial charge is 0.275 e. The molecule has 0 radical (unpaired) electrons. The minimum Gasteiger partial charge on any atom is -0.336 e. The van der Waals surface area contributed by atoms with Gasteiger partial charge >= 0.3 is 0 Å². The SMILES string of the molecule is [C-]#[N+]c1ccc(-c2nc(C(=O)N3CCC[C@@H](N)C3)c(Cl)n2-c2cc3cn(C)nc3cc2F)cc1F. The first-order valence-electron chi connectivity index (χ1n) is 10.9. The highest BCUT2D eigenvalue weighted by atomic mass is 35.5. The molecule has 11 heteroatoms. The molecular weight excluding hydrogens is 476 g/mol. The number of likely N-dealkylation sites (tertiary alicyclic amines) is 1. The van der Waals surface area contributed by atoms with E-state index in [0.29, 0.717) is 24.0 Å². The highest BCUT2D eigenvalue weighted by Crippen LogP contribution is 2.35. The predicted molar refractivity (Wildman–Crippen MR) is 128 cm³/mol. The molecule has 35 heavy (non-hydrogen) atoms. The summed E-state index contributed by atoms with van der Waals surface area (Å²) in [7, 11) is 1.72. The number of carbonyl (C=O) groups is 1. The van der Waals surface area contributed by atoms with Crippen LogP contribution in [0.2, 0.25) is 5.15 Å². The molecule has 0 aliphatic carbocycles. The van der Waals surface area contributed by atoms with Crippen molar-refractivity contribution in [1.82, 2.24) is 24.2 Å². The first kappa shape index (κ1) is 23.0. The number of fused-ring (bicyclic) bond motifs is 1. The number of hydrogen-bond acceptors (Lipinski definition) is 4. The number of nitrogens with two attached hydrogens (primary N) is 1. The zero-order valence-electron chi connectivity index (χ0n) is 18.7. The zero-order chi connectivity index (χ0) is 24.9. The molecule has 0 bridgehead atoms. The Kier molecular flexibility index (Phi) is 5.75. The van der Waals surface area contributed by atoms with Crippen molar-refractivity contribution in [3.8, 4) is 17.1 Å². The van der Waals surface area contributed by atoms with Gasteiger partial charge in [-0.05, 0) is 25.0 Å². The maximum atomic E-state index is 15.3. The van der Waals surface area contributed by atoms with Crippen LogP contribution >= 0.6 is 11.6 Å². The lowest BCUT2D eigenvalue weighted by Crippen LogP contribution is -2.45. The minimum absolute atomic E-state index is 0.0297. The third-order valence-corrected chi connectivity index (χ3v) is 6.37. The normalized spacial score (nSPS) is 16.0. The van der Waals surface area contributed by atoms with Gasteiger partial charge in [0.2, 0.25) is 5.69 Å². The first-order chi connectivity index (χ1) is 16.8. The molecule has 178 valence electrons. The van der Waals surface area contributed by atoms with E-state index in [9.17, 15) is 9.18 Å². The molecule has 8 nitrogen and oxygen atoms in total. The molecule has 1 fully saturated rings. The van der Waals surface area contributed by atoms with Gasteiger partial charge in [-0.15, -0.1) is 0 Å². The Morgan fingerprint density at radius 1 is 1.26 bits per heavy atom. The minimum atomic E-state index is -0.763. The number of hydrogen-bond donors (Lipinski definition) is 1. The quantitative estimate of drug-likeness (QED) is 0.425. The van der Waals surface area contributed by atoms with Crippen molar-refractivity contribution >= 4 is 34.1 Å². The summed E-state index contributed by atoms with van der Waals surface area (Å²) in [4.78, 5) is 22.5. The number of rotatable bonds is 3. The molecule has 2 aromatic carbocycles. The summed E-state index contributed by atoms with van der Waals surface area (Å²) in [5.41, 5.74) is 6.49. The number of amides is 1. The average Bonchev–Trinajstić information content (AvgIpc) is 3.36. The highest BCUT2D eigenvalue weighted by Gasteiger charge is 2.30. The van der Waals surface area contributed by atoms with Crippen LogP contribution < -0.4 is 5.73 Å². The van der Waals surface area contributed by atoms with Crippen molar-refractivity contribution in [2.24, 2.45) is 12.8 Å². The molecule has 5 rings (SSSR count). The van der Waals surface area contributed by atoms with Crippen LogP contribution in [0.5, 0.6) is 0 Å². The van der Waals surface area contributed by atoms with Crippen LogP contribution in [-0.4, -0.2) is 49.3 Å². The molecule has 3 heterocycles. The largest absolute Gasteiger partial charge is 0.336 e. The van der Waals surface area contributed by atoms with E-state index in [0.717, 1.165) is 18.9 Å². The fourth-order valence-electron chi connectivity index (χ4n) is 4.36. The van der Waals surface area contributed by atoms with Crippen molar-refractivity contribution in [1.29, 1.82) is 0 Å². The molecule has 0 saturated carbocycles. The lowest BCUT2D eigenvalue weighted by Gasteiger charge is -2.30. The summed E-state index contributed by atoms with van der Waals surface area (Å²) in [6.45, 7) is 7.94. The van der Waals surface area contributed by atoms with Gasteiger partial charge in [0, 0.05) is 49.4 Å². The Hall–Kier alpha value is -3.81. The third kappa shape index (κ3) is 4.03. The van der Waals surface area contributed by atoms with Gasteiger partial charge in [0.05, 0.1) is 17.8 Å². The molecule has 1 aliphatic rings. The number of halogens is 3. The predicted octanol–water partition coefficient (Wildman–Crippen LogP) is 4.47. The molecule has 0 unspecified atom stereocenters. The van der Waals surface area contributed by atoms with Crippen molar-refractivity contribution in [2.45, 2.75) is 18.9 Å². The lowest BCUT2D eigenvalue weighted by molar-refractivity contribution is 0.0703. The summed E-state index contributed by atoms with van der Waals surface area (Å²) in [5, 5.41) is 4.74. The molecular formula is C24H20ClF2N7O. The van der Waals surface area contributed by atoms with Gasteiger partial charge in [-0.2, -0.15) is 5.10 Å². The molecule has 2 N–H and O–H groups in total. The summed E-state index contributed by atoms with van der Waals surface area (Å²) < 4.78 is 32.7. The van der Waals surface area contributed by atoms with Gasteiger partial charge in [0.25, 0.3) is 5.91 Å². The van der Waals surface area contributed by atoms with E-state index in [2.05, 4.69) is 14.9 Å². The topological polar surface area (TPSA) is 86.3 Å². The number of nitrogens with zero attached hydrogens (tertiary/aromatic N) is 6. The maximum Gasteiger partial charge on any atom is 0.275 e. The van der Waals surface area contributed by atoms with Crippen molar-refractivity contribution in [3.05, 3.63) is 70.4 Å². The van der Waals surface area contributed by atoms with Gasteiger partial charge < -0.3 is 10.6 Å². The number of piperidine rings is 1. The van der Waals surface area contributed by atoms with Crippen LogP contribution in [-0.2, 0) is 7.05 Å². The Labute approximate surface area is 204 Å². The van der Waals surface area contributed by atoms with Crippen LogP contribution in [0.4, 0.5) is 14.5 Å².